The second-order valence-electron chi connectivity index (χ2n) is 4.69. The molecule has 0 fully saturated rings. The number of nitrogens with zero attached hydrogens (tertiary/aromatic N) is 2. The number of anilines is 1. The number of pyridine rings is 1. The van der Waals surface area contributed by atoms with Gasteiger partial charge in [0.25, 0.3) is 0 Å². The fraction of sp³-hybridized carbons (Fsp3) is 0.133. The highest BCUT2D eigenvalue weighted by Gasteiger charge is 2.13. The van der Waals surface area contributed by atoms with E-state index in [2.05, 4.69) is 31.0 Å². The normalized spacial score (nSPS) is 11.1. The fourth-order valence-electron chi connectivity index (χ4n) is 2.18. The van der Waals surface area contributed by atoms with E-state index in [0.717, 1.165) is 16.9 Å². The highest BCUT2D eigenvalue weighted by atomic mass is 35.5. The molecule has 3 nitrogen and oxygen atoms in total. The number of imidazole rings is 1. The van der Waals surface area contributed by atoms with Crippen LogP contribution in [0.5, 0.6) is 0 Å². The van der Waals surface area contributed by atoms with Gasteiger partial charge < -0.3 is 5.73 Å². The molecule has 0 aliphatic carbocycles. The molecule has 96 valence electrons. The van der Waals surface area contributed by atoms with Gasteiger partial charge in [-0.25, -0.2) is 4.98 Å². The van der Waals surface area contributed by atoms with E-state index in [1.165, 1.54) is 11.1 Å². The predicted molar refractivity (Wildman–Crippen MR) is 79.5 cm³/mol. The number of halogens is 1. The number of nitrogens with two attached hydrogens (primary N) is 1. The van der Waals surface area contributed by atoms with Gasteiger partial charge in [0.1, 0.15) is 22.3 Å². The first-order valence-corrected chi connectivity index (χ1v) is 6.46. The number of rotatable bonds is 1. The van der Waals surface area contributed by atoms with Crippen molar-refractivity contribution in [3.63, 3.8) is 0 Å². The molecule has 1 aromatic carbocycles. The number of hydrogen-bond acceptors (Lipinski definition) is 2. The van der Waals surface area contributed by atoms with Crippen LogP contribution in [0.3, 0.4) is 0 Å². The van der Waals surface area contributed by atoms with E-state index in [-0.39, 0.29) is 0 Å². The summed E-state index contributed by atoms with van der Waals surface area (Å²) in [4.78, 5) is 4.57. The lowest BCUT2D eigenvalue weighted by atomic mass is 10.0. The van der Waals surface area contributed by atoms with Crippen LogP contribution in [0.2, 0.25) is 5.15 Å². The average molecular weight is 272 g/mol. The minimum atomic E-state index is 0.567. The van der Waals surface area contributed by atoms with Crippen LogP contribution in [0.15, 0.2) is 36.4 Å². The van der Waals surface area contributed by atoms with E-state index < -0.39 is 0 Å². The molecule has 0 radical (unpaired) electrons. The Hall–Kier alpha value is -2.00. The van der Waals surface area contributed by atoms with Gasteiger partial charge in [-0.05, 0) is 43.2 Å². The molecule has 0 atom stereocenters. The van der Waals surface area contributed by atoms with Gasteiger partial charge in [-0.15, -0.1) is 0 Å². The van der Waals surface area contributed by atoms with Gasteiger partial charge in [-0.3, -0.25) is 4.40 Å². The van der Waals surface area contributed by atoms with E-state index >= 15 is 0 Å². The Labute approximate surface area is 116 Å². The highest BCUT2D eigenvalue weighted by Crippen LogP contribution is 2.29. The summed E-state index contributed by atoms with van der Waals surface area (Å²) in [7, 11) is 0. The van der Waals surface area contributed by atoms with Crippen molar-refractivity contribution in [2.24, 2.45) is 0 Å². The average Bonchev–Trinajstić information content (AvgIpc) is 2.72. The zero-order valence-corrected chi connectivity index (χ0v) is 11.6. The van der Waals surface area contributed by atoms with E-state index in [1.54, 1.807) is 10.5 Å². The summed E-state index contributed by atoms with van der Waals surface area (Å²) in [5, 5.41) is 0.567. The summed E-state index contributed by atoms with van der Waals surface area (Å²) in [6.45, 7) is 4.17. The van der Waals surface area contributed by atoms with Crippen LogP contribution in [0, 0.1) is 13.8 Å². The second kappa shape index (κ2) is 4.28. The van der Waals surface area contributed by atoms with Crippen LogP contribution in [0.4, 0.5) is 5.82 Å². The smallest absolute Gasteiger partial charge is 0.140 e. The molecule has 0 spiro atoms. The van der Waals surface area contributed by atoms with Crippen molar-refractivity contribution in [1.29, 1.82) is 0 Å². The Kier molecular flexibility index (Phi) is 2.72. The molecule has 0 saturated heterocycles. The lowest BCUT2D eigenvalue weighted by Crippen LogP contribution is -1.95. The van der Waals surface area contributed by atoms with Crippen LogP contribution in [-0.4, -0.2) is 9.38 Å². The van der Waals surface area contributed by atoms with Crippen molar-refractivity contribution in [2.75, 3.05) is 5.73 Å². The fourth-order valence-corrected chi connectivity index (χ4v) is 2.43. The Morgan fingerprint density at radius 2 is 1.89 bits per heavy atom. The van der Waals surface area contributed by atoms with Crippen LogP contribution in [0.1, 0.15) is 11.1 Å². The van der Waals surface area contributed by atoms with Gasteiger partial charge >= 0.3 is 0 Å². The van der Waals surface area contributed by atoms with Crippen molar-refractivity contribution in [2.45, 2.75) is 13.8 Å². The largest absolute Gasteiger partial charge is 0.383 e. The number of benzene rings is 1. The Morgan fingerprint density at radius 3 is 2.58 bits per heavy atom. The molecule has 0 saturated carbocycles. The molecular weight excluding hydrogens is 258 g/mol. The summed E-state index contributed by atoms with van der Waals surface area (Å²) >= 11 is 6.16. The van der Waals surface area contributed by atoms with Gasteiger partial charge in [0, 0.05) is 5.56 Å². The predicted octanol–water partition coefficient (Wildman–Crippen LogP) is 3.85. The molecule has 2 N–H and O–H groups in total. The first kappa shape index (κ1) is 12.1. The number of aromatic nitrogens is 2. The minimum absolute atomic E-state index is 0.567. The monoisotopic (exact) mass is 271 g/mol. The number of fused-ring (bicyclic) bond motifs is 1. The van der Waals surface area contributed by atoms with Gasteiger partial charge in [-0.1, -0.05) is 29.8 Å². The summed E-state index contributed by atoms with van der Waals surface area (Å²) in [6.07, 6.45) is 0. The highest BCUT2D eigenvalue weighted by molar-refractivity contribution is 6.30. The third-order valence-corrected chi connectivity index (χ3v) is 3.71. The molecule has 0 aliphatic rings. The maximum Gasteiger partial charge on any atom is 0.140 e. The van der Waals surface area contributed by atoms with Crippen molar-refractivity contribution >= 4 is 23.1 Å². The van der Waals surface area contributed by atoms with E-state index in [4.69, 9.17) is 17.3 Å². The van der Waals surface area contributed by atoms with Crippen LogP contribution in [0.25, 0.3) is 16.9 Å². The van der Waals surface area contributed by atoms with Gasteiger partial charge in [-0.2, -0.15) is 0 Å². The summed E-state index contributed by atoms with van der Waals surface area (Å²) in [5.41, 5.74) is 11.2. The number of nitrogen functional groups attached to an aromatic ring is 1. The standard InChI is InChI=1S/C15H14ClN3/c1-9-6-7-11(8-10(9)2)14-15(17)19-12(16)4-3-5-13(19)18-14/h3-8H,17H2,1-2H3. The molecule has 3 rings (SSSR count). The molecule has 0 aliphatic heterocycles. The quantitative estimate of drug-likeness (QED) is 0.683. The molecule has 3 aromatic rings. The number of hydrogen-bond donors (Lipinski definition) is 1. The SMILES string of the molecule is Cc1ccc(-c2nc3cccc(Cl)n3c2N)cc1C. The van der Waals surface area contributed by atoms with Gasteiger partial charge in [0.2, 0.25) is 0 Å². The van der Waals surface area contributed by atoms with Crippen molar-refractivity contribution in [3.05, 3.63) is 52.7 Å². The van der Waals surface area contributed by atoms with Gasteiger partial charge in [0.05, 0.1) is 0 Å². The van der Waals surface area contributed by atoms with Crippen LogP contribution < -0.4 is 5.73 Å². The summed E-state index contributed by atoms with van der Waals surface area (Å²) in [5.74, 6) is 0.573. The van der Waals surface area contributed by atoms with Crippen molar-refractivity contribution in [1.82, 2.24) is 9.38 Å². The molecule has 0 bridgehead atoms. The third-order valence-electron chi connectivity index (χ3n) is 3.41. The van der Waals surface area contributed by atoms with Crippen molar-refractivity contribution in [3.8, 4) is 11.3 Å². The first-order chi connectivity index (χ1) is 9.08. The van der Waals surface area contributed by atoms with Gasteiger partial charge in [0.15, 0.2) is 0 Å². The zero-order chi connectivity index (χ0) is 13.6. The third kappa shape index (κ3) is 1.87. The van der Waals surface area contributed by atoms with Crippen LogP contribution >= 0.6 is 11.6 Å². The van der Waals surface area contributed by atoms with E-state index in [1.807, 2.05) is 18.2 Å². The summed E-state index contributed by atoms with van der Waals surface area (Å²) < 4.78 is 1.76. The molecule has 4 heteroatoms. The Morgan fingerprint density at radius 1 is 1.11 bits per heavy atom. The maximum absolute atomic E-state index is 6.18. The lowest BCUT2D eigenvalue weighted by Gasteiger charge is -2.04. The molecular formula is C15H14ClN3. The maximum atomic E-state index is 6.18. The number of aryl methyl sites for hydroxylation is 2. The molecule has 0 unspecified atom stereocenters. The van der Waals surface area contributed by atoms with E-state index in [9.17, 15) is 0 Å². The lowest BCUT2D eigenvalue weighted by molar-refractivity contribution is 1.20. The van der Waals surface area contributed by atoms with Crippen LogP contribution in [-0.2, 0) is 0 Å². The molecule has 2 heterocycles. The Balaban J connectivity index is 2.28. The topological polar surface area (TPSA) is 43.3 Å². The molecule has 0 amide bonds. The second-order valence-corrected chi connectivity index (χ2v) is 5.07. The summed E-state index contributed by atoms with van der Waals surface area (Å²) in [6, 6.07) is 11.8. The Bertz CT molecular complexity index is 774. The zero-order valence-electron chi connectivity index (χ0n) is 10.8. The van der Waals surface area contributed by atoms with Crippen molar-refractivity contribution < 1.29 is 0 Å². The minimum Gasteiger partial charge on any atom is -0.383 e. The van der Waals surface area contributed by atoms with E-state index in [0.29, 0.717) is 11.0 Å². The molecule has 19 heavy (non-hydrogen) atoms. The first-order valence-electron chi connectivity index (χ1n) is 6.08. The molecule has 2 aromatic heterocycles.